The highest BCUT2D eigenvalue weighted by atomic mass is 35.5. The van der Waals surface area contributed by atoms with Gasteiger partial charge in [0.15, 0.2) is 17.6 Å². The third kappa shape index (κ3) is 6.97. The largest absolute Gasteiger partial charge is 0.493 e. The van der Waals surface area contributed by atoms with Gasteiger partial charge in [0.25, 0.3) is 5.91 Å². The van der Waals surface area contributed by atoms with Gasteiger partial charge in [0.2, 0.25) is 0 Å². The molecule has 1 aromatic carbocycles. The zero-order chi connectivity index (χ0) is 20.7. The molecule has 1 atom stereocenters. The predicted octanol–water partition coefficient (Wildman–Crippen LogP) is 2.92. The van der Waals surface area contributed by atoms with Crippen LogP contribution in [0.15, 0.2) is 12.1 Å². The molecule has 0 aromatic heterocycles. The number of methoxy groups -OCH3 is 1. The Morgan fingerprint density at radius 3 is 2.22 bits per heavy atom. The van der Waals surface area contributed by atoms with Gasteiger partial charge in [-0.2, -0.15) is 0 Å². The number of esters is 1. The summed E-state index contributed by atoms with van der Waals surface area (Å²) in [6, 6.07) is 1.96. The second kappa shape index (κ2) is 10.0. The SMILES string of the molecule is COc1cc(C(=O)O[C@@H](C)C(=O)NC(=O)NC(C)C)cc(Cl)c1OC(C)C. The maximum Gasteiger partial charge on any atom is 0.339 e. The van der Waals surface area contributed by atoms with E-state index in [1.165, 1.54) is 26.2 Å². The van der Waals surface area contributed by atoms with E-state index in [0.717, 1.165) is 0 Å². The van der Waals surface area contributed by atoms with Crippen molar-refractivity contribution in [2.45, 2.75) is 52.9 Å². The minimum Gasteiger partial charge on any atom is -0.493 e. The number of carbonyl (C=O) groups is 3. The molecule has 2 N–H and O–H groups in total. The topological polar surface area (TPSA) is 103 Å². The molecule has 3 amide bonds. The number of carbonyl (C=O) groups excluding carboxylic acids is 3. The smallest absolute Gasteiger partial charge is 0.339 e. The van der Waals surface area contributed by atoms with Crippen LogP contribution in [0.25, 0.3) is 0 Å². The summed E-state index contributed by atoms with van der Waals surface area (Å²) >= 11 is 6.17. The molecule has 0 unspecified atom stereocenters. The lowest BCUT2D eigenvalue weighted by Crippen LogP contribution is -2.46. The van der Waals surface area contributed by atoms with Crippen molar-refractivity contribution in [3.8, 4) is 11.5 Å². The molecule has 0 bridgehead atoms. The summed E-state index contributed by atoms with van der Waals surface area (Å²) in [7, 11) is 1.41. The van der Waals surface area contributed by atoms with Gasteiger partial charge in [-0.05, 0) is 46.8 Å². The van der Waals surface area contributed by atoms with E-state index in [0.29, 0.717) is 5.75 Å². The molecule has 0 saturated heterocycles. The number of hydrogen-bond donors (Lipinski definition) is 2. The summed E-state index contributed by atoms with van der Waals surface area (Å²) in [6.07, 6.45) is -1.33. The van der Waals surface area contributed by atoms with E-state index in [9.17, 15) is 14.4 Å². The van der Waals surface area contributed by atoms with Crippen LogP contribution in [0.3, 0.4) is 0 Å². The molecule has 0 spiro atoms. The van der Waals surface area contributed by atoms with Gasteiger partial charge in [0, 0.05) is 6.04 Å². The van der Waals surface area contributed by atoms with Crippen molar-refractivity contribution in [1.82, 2.24) is 10.6 Å². The lowest BCUT2D eigenvalue weighted by atomic mass is 10.2. The highest BCUT2D eigenvalue weighted by molar-refractivity contribution is 6.32. The molecular weight excluding hydrogens is 376 g/mol. The van der Waals surface area contributed by atoms with Crippen molar-refractivity contribution in [3.63, 3.8) is 0 Å². The fourth-order valence-electron chi connectivity index (χ4n) is 1.98. The first-order chi connectivity index (χ1) is 12.5. The molecule has 0 aliphatic carbocycles. The quantitative estimate of drug-likeness (QED) is 0.682. The second-order valence-electron chi connectivity index (χ2n) is 6.32. The van der Waals surface area contributed by atoms with Gasteiger partial charge in [0.1, 0.15) is 0 Å². The molecule has 0 aliphatic rings. The maximum atomic E-state index is 12.3. The molecule has 1 aromatic rings. The first-order valence-corrected chi connectivity index (χ1v) is 8.79. The molecule has 0 heterocycles. The Bertz CT molecular complexity index is 705. The molecule has 0 saturated carbocycles. The maximum absolute atomic E-state index is 12.3. The molecule has 0 fully saturated rings. The van der Waals surface area contributed by atoms with Gasteiger partial charge < -0.3 is 19.5 Å². The minimum atomic E-state index is -1.19. The van der Waals surface area contributed by atoms with Crippen molar-refractivity contribution in [2.75, 3.05) is 7.11 Å². The minimum absolute atomic E-state index is 0.0826. The molecule has 0 aliphatic heterocycles. The fourth-order valence-corrected chi connectivity index (χ4v) is 2.24. The van der Waals surface area contributed by atoms with Gasteiger partial charge >= 0.3 is 12.0 Å². The van der Waals surface area contributed by atoms with E-state index in [2.05, 4.69) is 10.6 Å². The Labute approximate surface area is 163 Å². The first kappa shape index (κ1) is 22.6. The average Bonchev–Trinajstić information content (AvgIpc) is 2.54. The number of nitrogens with one attached hydrogen (secondary N) is 2. The number of urea groups is 1. The van der Waals surface area contributed by atoms with Crippen molar-refractivity contribution in [1.29, 1.82) is 0 Å². The highest BCUT2D eigenvalue weighted by Gasteiger charge is 2.23. The van der Waals surface area contributed by atoms with Crippen LogP contribution in [0.2, 0.25) is 5.02 Å². The van der Waals surface area contributed by atoms with Gasteiger partial charge in [0.05, 0.1) is 23.8 Å². The Morgan fingerprint density at radius 2 is 1.70 bits per heavy atom. The number of amides is 3. The summed E-state index contributed by atoms with van der Waals surface area (Å²) in [5, 5.41) is 4.76. The monoisotopic (exact) mass is 400 g/mol. The van der Waals surface area contributed by atoms with Crippen LogP contribution in [0, 0.1) is 0 Å². The van der Waals surface area contributed by atoms with Crippen molar-refractivity contribution in [3.05, 3.63) is 22.7 Å². The van der Waals surface area contributed by atoms with E-state index in [1.54, 1.807) is 13.8 Å². The Hall–Kier alpha value is -2.48. The normalized spacial score (nSPS) is 11.7. The second-order valence-corrected chi connectivity index (χ2v) is 6.73. The standard InChI is InChI=1S/C18H25ClN2O6/c1-9(2)20-18(24)21-16(22)11(5)27-17(23)12-7-13(19)15(26-10(3)4)14(8-12)25-6/h7-11H,1-6H3,(H2,20,21,22,24)/t11-/m0/s1. The van der Waals surface area contributed by atoms with Gasteiger partial charge in [-0.25, -0.2) is 9.59 Å². The molecule has 150 valence electrons. The molecule has 1 rings (SSSR count). The zero-order valence-corrected chi connectivity index (χ0v) is 17.0. The van der Waals surface area contributed by atoms with Crippen LogP contribution in [0.1, 0.15) is 45.0 Å². The van der Waals surface area contributed by atoms with Crippen LogP contribution in [0.4, 0.5) is 4.79 Å². The van der Waals surface area contributed by atoms with Crippen LogP contribution in [0.5, 0.6) is 11.5 Å². The highest BCUT2D eigenvalue weighted by Crippen LogP contribution is 2.37. The lowest BCUT2D eigenvalue weighted by Gasteiger charge is -2.17. The van der Waals surface area contributed by atoms with Crippen LogP contribution in [-0.4, -0.2) is 43.3 Å². The summed E-state index contributed by atoms with van der Waals surface area (Å²) < 4.78 is 15.9. The third-order valence-corrected chi connectivity index (χ3v) is 3.41. The number of imide groups is 1. The van der Waals surface area contributed by atoms with Crippen molar-refractivity contribution < 1.29 is 28.6 Å². The summed E-state index contributed by atoms with van der Waals surface area (Å²) in [6.45, 7) is 8.50. The first-order valence-electron chi connectivity index (χ1n) is 8.41. The number of hydrogen-bond acceptors (Lipinski definition) is 6. The Balaban J connectivity index is 2.86. The van der Waals surface area contributed by atoms with E-state index in [1.807, 2.05) is 13.8 Å². The third-order valence-electron chi connectivity index (χ3n) is 3.13. The number of ether oxygens (including phenoxy) is 3. The summed E-state index contributed by atoms with van der Waals surface area (Å²) in [5.74, 6) is -0.976. The van der Waals surface area contributed by atoms with Gasteiger partial charge in [-0.15, -0.1) is 0 Å². The van der Waals surface area contributed by atoms with Crippen molar-refractivity contribution >= 4 is 29.5 Å². The van der Waals surface area contributed by atoms with Crippen LogP contribution >= 0.6 is 11.6 Å². The summed E-state index contributed by atoms with van der Waals surface area (Å²) in [5.41, 5.74) is 0.0826. The molecule has 27 heavy (non-hydrogen) atoms. The van der Waals surface area contributed by atoms with E-state index in [-0.39, 0.29) is 28.5 Å². The van der Waals surface area contributed by atoms with Gasteiger partial charge in [-0.3, -0.25) is 10.1 Å². The lowest BCUT2D eigenvalue weighted by molar-refractivity contribution is -0.127. The molecule has 9 heteroatoms. The number of rotatable bonds is 7. The van der Waals surface area contributed by atoms with Crippen LogP contribution in [-0.2, 0) is 9.53 Å². The van der Waals surface area contributed by atoms with E-state index in [4.69, 9.17) is 25.8 Å². The molecule has 8 nitrogen and oxygen atoms in total. The van der Waals surface area contributed by atoms with Gasteiger partial charge in [-0.1, -0.05) is 11.6 Å². The summed E-state index contributed by atoms with van der Waals surface area (Å²) in [4.78, 5) is 35.8. The van der Waals surface area contributed by atoms with E-state index >= 15 is 0 Å². The van der Waals surface area contributed by atoms with Crippen molar-refractivity contribution in [2.24, 2.45) is 0 Å². The zero-order valence-electron chi connectivity index (χ0n) is 16.2. The fraction of sp³-hybridized carbons (Fsp3) is 0.500. The Kier molecular flexibility index (Phi) is 8.36. The number of benzene rings is 1. The van der Waals surface area contributed by atoms with E-state index < -0.39 is 24.0 Å². The number of halogens is 1. The molecule has 0 radical (unpaired) electrons. The predicted molar refractivity (Wildman–Crippen MR) is 100 cm³/mol. The van der Waals surface area contributed by atoms with Crippen LogP contribution < -0.4 is 20.1 Å². The Morgan fingerprint density at radius 1 is 1.07 bits per heavy atom. The molecular formula is C18H25ClN2O6. The average molecular weight is 401 g/mol.